The fourth-order valence-corrected chi connectivity index (χ4v) is 3.24. The Morgan fingerprint density at radius 3 is 2.00 bits per heavy atom. The third-order valence-electron chi connectivity index (χ3n) is 5.01. The zero-order valence-electron chi connectivity index (χ0n) is 19.2. The number of alkyl halides is 6. The van der Waals surface area contributed by atoms with E-state index in [-0.39, 0.29) is 29.9 Å². The van der Waals surface area contributed by atoms with Crippen LogP contribution in [0.3, 0.4) is 0 Å². The van der Waals surface area contributed by atoms with Gasteiger partial charge in [-0.3, -0.25) is 0 Å². The van der Waals surface area contributed by atoms with Crippen LogP contribution in [0.4, 0.5) is 48.3 Å². The molecule has 6 nitrogen and oxygen atoms in total. The molecule has 0 saturated heterocycles. The molecule has 0 amide bonds. The number of aromatic nitrogens is 3. The number of rotatable bonds is 8. The van der Waals surface area contributed by atoms with E-state index in [1.807, 2.05) is 0 Å². The normalized spacial score (nSPS) is 11.8. The predicted molar refractivity (Wildman–Crippen MR) is 125 cm³/mol. The Bertz CT molecular complexity index is 1370. The van der Waals surface area contributed by atoms with Crippen LogP contribution in [0.25, 0.3) is 11.1 Å². The van der Waals surface area contributed by atoms with Gasteiger partial charge in [-0.15, -0.1) is 0 Å². The van der Waals surface area contributed by atoms with Crippen molar-refractivity contribution >= 4 is 17.6 Å². The fraction of sp³-hybridized carbons (Fsp3) is 0.160. The van der Waals surface area contributed by atoms with Crippen molar-refractivity contribution in [1.82, 2.24) is 15.0 Å². The van der Waals surface area contributed by atoms with E-state index in [1.165, 1.54) is 18.2 Å². The summed E-state index contributed by atoms with van der Waals surface area (Å²) in [5.41, 5.74) is 1.41. The maximum absolute atomic E-state index is 13.1. The van der Waals surface area contributed by atoms with Crippen LogP contribution in [-0.2, 0) is 12.7 Å². The van der Waals surface area contributed by atoms with Crippen molar-refractivity contribution in [2.24, 2.45) is 0 Å². The molecule has 0 saturated carbocycles. The molecular formula is C25H18F7N5O. The van der Waals surface area contributed by atoms with Crippen molar-refractivity contribution in [3.8, 4) is 17.1 Å². The summed E-state index contributed by atoms with van der Waals surface area (Å²) in [6, 6.07) is 16.6. The van der Waals surface area contributed by atoms with E-state index in [9.17, 15) is 30.7 Å². The topological polar surface area (TPSA) is 72.0 Å². The Hall–Kier alpha value is -4.42. The van der Waals surface area contributed by atoms with E-state index in [2.05, 4.69) is 30.3 Å². The smallest absolute Gasteiger partial charge is 0.422 e. The lowest BCUT2D eigenvalue weighted by Gasteiger charge is -2.13. The van der Waals surface area contributed by atoms with Crippen LogP contribution in [0.5, 0.6) is 6.01 Å². The van der Waals surface area contributed by atoms with E-state index in [0.29, 0.717) is 0 Å². The van der Waals surface area contributed by atoms with Gasteiger partial charge in [0, 0.05) is 12.2 Å². The average Bonchev–Trinajstić information content (AvgIpc) is 2.86. The van der Waals surface area contributed by atoms with Gasteiger partial charge in [0.15, 0.2) is 6.61 Å². The van der Waals surface area contributed by atoms with Gasteiger partial charge < -0.3 is 15.4 Å². The molecule has 0 unspecified atom stereocenters. The summed E-state index contributed by atoms with van der Waals surface area (Å²) in [4.78, 5) is 11.6. The molecule has 1 heterocycles. The number of anilines is 3. The third kappa shape index (κ3) is 7.54. The Balaban J connectivity index is 1.52. The molecule has 38 heavy (non-hydrogen) atoms. The lowest BCUT2D eigenvalue weighted by atomic mass is 10.0. The maximum atomic E-state index is 13.1. The van der Waals surface area contributed by atoms with Gasteiger partial charge in [0.2, 0.25) is 11.9 Å². The molecule has 4 rings (SSSR count). The number of hydrogen-bond donors (Lipinski definition) is 2. The Kier molecular flexibility index (Phi) is 7.65. The molecule has 2 N–H and O–H groups in total. The number of nitrogens with zero attached hydrogens (tertiary/aromatic N) is 3. The minimum atomic E-state index is -4.67. The molecule has 0 radical (unpaired) electrons. The second kappa shape index (κ2) is 10.9. The van der Waals surface area contributed by atoms with Crippen molar-refractivity contribution in [2.75, 3.05) is 17.2 Å². The van der Waals surface area contributed by atoms with Crippen LogP contribution < -0.4 is 15.4 Å². The zero-order chi connectivity index (χ0) is 27.3. The highest BCUT2D eigenvalue weighted by molar-refractivity contribution is 5.63. The molecular weight excluding hydrogens is 519 g/mol. The minimum Gasteiger partial charge on any atom is -0.454 e. The Morgan fingerprint density at radius 2 is 1.37 bits per heavy atom. The number of nitrogens with one attached hydrogen (secondary N) is 2. The van der Waals surface area contributed by atoms with Crippen LogP contribution in [0.15, 0.2) is 72.8 Å². The predicted octanol–water partition coefficient (Wildman–Crippen LogP) is 6.99. The van der Waals surface area contributed by atoms with Gasteiger partial charge in [0.1, 0.15) is 5.82 Å². The number of halogens is 7. The van der Waals surface area contributed by atoms with Gasteiger partial charge >= 0.3 is 18.4 Å². The lowest BCUT2D eigenvalue weighted by molar-refractivity contribution is -0.154. The SMILES string of the molecule is Fc1ccc(-c2ccc(CNc3nc(Nc4cccc(C(F)(F)F)c4)nc(OCC(F)(F)F)n3)cc2)cc1. The van der Waals surface area contributed by atoms with Gasteiger partial charge in [-0.05, 0) is 47.0 Å². The Morgan fingerprint density at radius 1 is 0.737 bits per heavy atom. The molecule has 4 aromatic rings. The molecule has 0 aliphatic carbocycles. The van der Waals surface area contributed by atoms with E-state index in [1.54, 1.807) is 36.4 Å². The summed E-state index contributed by atoms with van der Waals surface area (Å²) in [5, 5.41) is 5.37. The highest BCUT2D eigenvalue weighted by Crippen LogP contribution is 2.31. The summed E-state index contributed by atoms with van der Waals surface area (Å²) in [5.74, 6) is -0.854. The molecule has 0 fully saturated rings. The van der Waals surface area contributed by atoms with E-state index < -0.39 is 30.5 Å². The zero-order valence-corrected chi connectivity index (χ0v) is 19.2. The highest BCUT2D eigenvalue weighted by atomic mass is 19.4. The summed E-state index contributed by atoms with van der Waals surface area (Å²) < 4.78 is 94.7. The molecule has 0 spiro atoms. The van der Waals surface area contributed by atoms with Gasteiger partial charge in [0.05, 0.1) is 5.56 Å². The molecule has 198 valence electrons. The second-order valence-electron chi connectivity index (χ2n) is 7.93. The van der Waals surface area contributed by atoms with Gasteiger partial charge in [-0.1, -0.05) is 42.5 Å². The maximum Gasteiger partial charge on any atom is 0.422 e. The third-order valence-corrected chi connectivity index (χ3v) is 5.01. The minimum absolute atomic E-state index is 0.0462. The first-order chi connectivity index (χ1) is 17.9. The van der Waals surface area contributed by atoms with Crippen LogP contribution in [0.1, 0.15) is 11.1 Å². The first kappa shape index (κ1) is 26.6. The van der Waals surface area contributed by atoms with Crippen LogP contribution >= 0.6 is 0 Å². The van der Waals surface area contributed by atoms with Crippen molar-refractivity contribution in [1.29, 1.82) is 0 Å². The lowest BCUT2D eigenvalue weighted by Crippen LogP contribution is -2.21. The van der Waals surface area contributed by atoms with E-state index in [0.717, 1.165) is 34.9 Å². The molecule has 13 heteroatoms. The summed E-state index contributed by atoms with van der Waals surface area (Å²) in [6.07, 6.45) is -9.27. The van der Waals surface area contributed by atoms with Gasteiger partial charge in [0.25, 0.3) is 0 Å². The standard InChI is InChI=1S/C25H18F7N5O/c26-19-10-8-17(9-11-19)16-6-4-15(5-7-16)13-33-21-35-22(37-23(36-21)38-14-24(27,28)29)34-20-3-1-2-18(12-20)25(30,31)32/h1-12H,13-14H2,(H2,33,34,35,36,37). The molecule has 0 aliphatic rings. The van der Waals surface area contributed by atoms with Gasteiger partial charge in [-0.2, -0.15) is 41.3 Å². The molecule has 3 aromatic carbocycles. The molecule has 0 bridgehead atoms. The van der Waals surface area contributed by atoms with Crippen molar-refractivity contribution in [2.45, 2.75) is 18.9 Å². The van der Waals surface area contributed by atoms with Crippen molar-refractivity contribution in [3.05, 3.63) is 89.7 Å². The van der Waals surface area contributed by atoms with Crippen LogP contribution in [0.2, 0.25) is 0 Å². The van der Waals surface area contributed by atoms with Crippen LogP contribution in [0, 0.1) is 5.82 Å². The highest BCUT2D eigenvalue weighted by Gasteiger charge is 2.31. The number of ether oxygens (including phenoxy) is 1. The van der Waals surface area contributed by atoms with Crippen molar-refractivity contribution in [3.63, 3.8) is 0 Å². The first-order valence-electron chi connectivity index (χ1n) is 10.9. The van der Waals surface area contributed by atoms with Crippen molar-refractivity contribution < 1.29 is 35.5 Å². The molecule has 1 aromatic heterocycles. The second-order valence-corrected chi connectivity index (χ2v) is 7.93. The number of hydrogen-bond acceptors (Lipinski definition) is 6. The quantitative estimate of drug-likeness (QED) is 0.236. The summed E-state index contributed by atoms with van der Waals surface area (Å²) >= 11 is 0. The first-order valence-corrected chi connectivity index (χ1v) is 10.9. The monoisotopic (exact) mass is 537 g/mol. The summed E-state index contributed by atoms with van der Waals surface area (Å²) in [7, 11) is 0. The summed E-state index contributed by atoms with van der Waals surface area (Å²) in [6.45, 7) is -1.53. The molecule has 0 atom stereocenters. The largest absolute Gasteiger partial charge is 0.454 e. The fourth-order valence-electron chi connectivity index (χ4n) is 3.24. The van der Waals surface area contributed by atoms with E-state index in [4.69, 9.17) is 0 Å². The van der Waals surface area contributed by atoms with E-state index >= 15 is 0 Å². The Labute approximate surface area is 211 Å². The van der Waals surface area contributed by atoms with Crippen LogP contribution in [-0.4, -0.2) is 27.7 Å². The van der Waals surface area contributed by atoms with Gasteiger partial charge in [-0.25, -0.2) is 4.39 Å². The number of benzene rings is 3. The average molecular weight is 537 g/mol. The molecule has 0 aliphatic heterocycles.